The highest BCUT2D eigenvalue weighted by molar-refractivity contribution is 5.03. The normalized spacial score (nSPS) is 34.4. The van der Waals surface area contributed by atoms with Crippen LogP contribution in [0, 0.1) is 5.92 Å². The highest BCUT2D eigenvalue weighted by Crippen LogP contribution is 2.34. The lowest BCUT2D eigenvalue weighted by molar-refractivity contribution is 0.00781. The smallest absolute Gasteiger partial charge is 0.228 e. The van der Waals surface area contributed by atoms with Crippen LogP contribution in [0.4, 0.5) is 0 Å². The number of nitrogens with zero attached hydrogens (tertiary/aromatic N) is 4. The van der Waals surface area contributed by atoms with Crippen LogP contribution < -0.4 is 5.32 Å². The van der Waals surface area contributed by atoms with Crippen LogP contribution in [0.15, 0.2) is 4.52 Å². The molecule has 1 aromatic heterocycles. The molecule has 3 aliphatic heterocycles. The number of likely N-dealkylation sites (N-methyl/N-ethyl adjacent to an activating group) is 1. The topological polar surface area (TPSA) is 57.4 Å². The van der Waals surface area contributed by atoms with Crippen molar-refractivity contribution in [1.29, 1.82) is 0 Å². The molecular formula is C14H23N5O. The van der Waals surface area contributed by atoms with Crippen LogP contribution in [-0.4, -0.2) is 65.8 Å². The summed E-state index contributed by atoms with van der Waals surface area (Å²) < 4.78 is 5.49. The first-order valence-electron chi connectivity index (χ1n) is 7.79. The molecule has 0 spiro atoms. The Morgan fingerprint density at radius 2 is 2.10 bits per heavy atom. The van der Waals surface area contributed by atoms with Gasteiger partial charge in [0.25, 0.3) is 0 Å². The van der Waals surface area contributed by atoms with Gasteiger partial charge in [-0.1, -0.05) is 5.16 Å². The highest BCUT2D eigenvalue weighted by Gasteiger charge is 2.36. The molecule has 0 aromatic carbocycles. The van der Waals surface area contributed by atoms with Crippen LogP contribution >= 0.6 is 0 Å². The minimum absolute atomic E-state index is 0.337. The molecule has 4 heterocycles. The van der Waals surface area contributed by atoms with Gasteiger partial charge in [-0.3, -0.25) is 9.80 Å². The maximum absolute atomic E-state index is 5.49. The molecule has 20 heavy (non-hydrogen) atoms. The molecule has 6 nitrogen and oxygen atoms in total. The van der Waals surface area contributed by atoms with E-state index in [1.165, 1.54) is 25.9 Å². The molecule has 6 heteroatoms. The molecule has 110 valence electrons. The van der Waals surface area contributed by atoms with Crippen LogP contribution in [0.25, 0.3) is 0 Å². The van der Waals surface area contributed by atoms with E-state index in [0.717, 1.165) is 43.7 Å². The average molecular weight is 277 g/mol. The summed E-state index contributed by atoms with van der Waals surface area (Å²) in [5.74, 6) is 2.48. The minimum atomic E-state index is 0.337. The fraction of sp³-hybridized carbons (Fsp3) is 0.857. The number of rotatable bonds is 5. The molecule has 1 aliphatic carbocycles. The Kier molecular flexibility index (Phi) is 3.24. The van der Waals surface area contributed by atoms with Crippen molar-refractivity contribution < 1.29 is 4.52 Å². The van der Waals surface area contributed by atoms with Gasteiger partial charge in [0, 0.05) is 45.2 Å². The molecule has 5 rings (SSSR count). The third-order valence-electron chi connectivity index (χ3n) is 5.02. The van der Waals surface area contributed by atoms with Gasteiger partial charge in [-0.05, 0) is 25.8 Å². The largest absolute Gasteiger partial charge is 0.339 e. The second-order valence-corrected chi connectivity index (χ2v) is 6.34. The standard InChI is InChI=1S/C14H23N5O/c1-15-11(10-2-3-10)8-13-16-14(17-20-13)12-9-18-4-6-19(12)7-5-18/h10-12,15H,2-9H2,1H3. The Morgan fingerprint density at radius 1 is 1.30 bits per heavy atom. The zero-order chi connectivity index (χ0) is 13.5. The Hall–Kier alpha value is -0.980. The second-order valence-electron chi connectivity index (χ2n) is 6.34. The van der Waals surface area contributed by atoms with Crippen molar-refractivity contribution in [2.75, 3.05) is 39.8 Å². The predicted molar refractivity (Wildman–Crippen MR) is 74.3 cm³/mol. The van der Waals surface area contributed by atoms with Crippen LogP contribution in [0.1, 0.15) is 30.6 Å². The molecule has 2 atom stereocenters. The van der Waals surface area contributed by atoms with Crippen molar-refractivity contribution >= 4 is 0 Å². The lowest BCUT2D eigenvalue weighted by Crippen LogP contribution is -2.57. The van der Waals surface area contributed by atoms with E-state index in [0.29, 0.717) is 12.1 Å². The van der Waals surface area contributed by atoms with Gasteiger partial charge in [0.1, 0.15) is 0 Å². The average Bonchev–Trinajstić information content (AvgIpc) is 3.24. The van der Waals surface area contributed by atoms with Crippen molar-refractivity contribution in [2.45, 2.75) is 31.3 Å². The zero-order valence-corrected chi connectivity index (χ0v) is 12.1. The molecule has 4 fully saturated rings. The maximum Gasteiger partial charge on any atom is 0.228 e. The number of hydrogen-bond acceptors (Lipinski definition) is 6. The first kappa shape index (κ1) is 12.7. The summed E-state index contributed by atoms with van der Waals surface area (Å²) in [7, 11) is 2.03. The maximum atomic E-state index is 5.49. The second kappa shape index (κ2) is 5.09. The number of hydrogen-bond donors (Lipinski definition) is 1. The zero-order valence-electron chi connectivity index (χ0n) is 12.1. The van der Waals surface area contributed by atoms with Gasteiger partial charge in [0.15, 0.2) is 5.82 Å². The van der Waals surface area contributed by atoms with E-state index < -0.39 is 0 Å². The molecule has 0 radical (unpaired) electrons. The Labute approximate surface area is 119 Å². The first-order chi connectivity index (χ1) is 9.83. The first-order valence-corrected chi connectivity index (χ1v) is 7.79. The lowest BCUT2D eigenvalue weighted by Gasteiger charge is -2.46. The van der Waals surface area contributed by atoms with Crippen molar-refractivity contribution in [2.24, 2.45) is 5.92 Å². The summed E-state index contributed by atoms with van der Waals surface area (Å²) in [5, 5.41) is 7.63. The fourth-order valence-corrected chi connectivity index (χ4v) is 3.54. The summed E-state index contributed by atoms with van der Waals surface area (Å²) >= 11 is 0. The van der Waals surface area contributed by atoms with Crippen molar-refractivity contribution in [3.63, 3.8) is 0 Å². The van der Waals surface area contributed by atoms with E-state index in [9.17, 15) is 0 Å². The van der Waals surface area contributed by atoms with Gasteiger partial charge < -0.3 is 9.84 Å². The number of fused-ring (bicyclic) bond motifs is 3. The number of aromatic nitrogens is 2. The number of piperazine rings is 3. The Bertz CT molecular complexity index is 464. The van der Waals surface area contributed by atoms with Crippen molar-refractivity contribution in [3.05, 3.63) is 11.7 Å². The summed E-state index contributed by atoms with van der Waals surface area (Å²) in [5.41, 5.74) is 0. The molecular weight excluding hydrogens is 254 g/mol. The van der Waals surface area contributed by atoms with Gasteiger partial charge in [0.2, 0.25) is 5.89 Å². The van der Waals surface area contributed by atoms with E-state index in [2.05, 4.69) is 25.3 Å². The van der Waals surface area contributed by atoms with Gasteiger partial charge in [-0.2, -0.15) is 4.98 Å². The summed E-state index contributed by atoms with van der Waals surface area (Å²) in [6.07, 6.45) is 3.53. The summed E-state index contributed by atoms with van der Waals surface area (Å²) in [6.45, 7) is 5.69. The van der Waals surface area contributed by atoms with Crippen molar-refractivity contribution in [1.82, 2.24) is 25.3 Å². The summed E-state index contributed by atoms with van der Waals surface area (Å²) in [4.78, 5) is 9.66. The van der Waals surface area contributed by atoms with E-state index >= 15 is 0 Å². The fourth-order valence-electron chi connectivity index (χ4n) is 3.54. The van der Waals surface area contributed by atoms with Crippen LogP contribution in [-0.2, 0) is 6.42 Å². The van der Waals surface area contributed by atoms with Gasteiger partial charge in [0.05, 0.1) is 6.04 Å². The van der Waals surface area contributed by atoms with Gasteiger partial charge >= 0.3 is 0 Å². The molecule has 2 unspecified atom stereocenters. The molecule has 1 aromatic rings. The summed E-state index contributed by atoms with van der Waals surface area (Å²) in [6, 6.07) is 0.833. The molecule has 2 bridgehead atoms. The van der Waals surface area contributed by atoms with Crippen LogP contribution in [0.5, 0.6) is 0 Å². The van der Waals surface area contributed by atoms with Crippen LogP contribution in [0.2, 0.25) is 0 Å². The lowest BCUT2D eigenvalue weighted by atomic mass is 10.1. The predicted octanol–water partition coefficient (Wildman–Crippen LogP) is 0.282. The monoisotopic (exact) mass is 277 g/mol. The molecule has 3 saturated heterocycles. The highest BCUT2D eigenvalue weighted by atomic mass is 16.5. The molecule has 1 saturated carbocycles. The Balaban J connectivity index is 1.45. The van der Waals surface area contributed by atoms with E-state index in [1.807, 2.05) is 7.05 Å². The quantitative estimate of drug-likeness (QED) is 0.834. The van der Waals surface area contributed by atoms with E-state index in [1.54, 1.807) is 0 Å². The van der Waals surface area contributed by atoms with E-state index in [4.69, 9.17) is 4.52 Å². The van der Waals surface area contributed by atoms with E-state index in [-0.39, 0.29) is 0 Å². The SMILES string of the molecule is CNC(Cc1nc(C2CN3CCN2CC3)no1)C1CC1. The van der Waals surface area contributed by atoms with Gasteiger partial charge in [-0.25, -0.2) is 0 Å². The molecule has 1 N–H and O–H groups in total. The third kappa shape index (κ3) is 2.36. The third-order valence-corrected chi connectivity index (χ3v) is 5.02. The van der Waals surface area contributed by atoms with Crippen LogP contribution in [0.3, 0.4) is 0 Å². The van der Waals surface area contributed by atoms with Gasteiger partial charge in [-0.15, -0.1) is 0 Å². The molecule has 4 aliphatic rings. The Morgan fingerprint density at radius 3 is 2.70 bits per heavy atom. The molecule has 0 amide bonds. The minimum Gasteiger partial charge on any atom is -0.339 e. The van der Waals surface area contributed by atoms with Crippen molar-refractivity contribution in [3.8, 4) is 0 Å². The number of nitrogens with one attached hydrogen (secondary N) is 1.